The summed E-state index contributed by atoms with van der Waals surface area (Å²) in [6.45, 7) is 3.94. The molecule has 118 valence electrons. The van der Waals surface area contributed by atoms with Crippen molar-refractivity contribution in [3.8, 4) is 6.07 Å². The van der Waals surface area contributed by atoms with Gasteiger partial charge in [0.1, 0.15) is 6.33 Å². The van der Waals surface area contributed by atoms with E-state index in [9.17, 15) is 4.79 Å². The van der Waals surface area contributed by atoms with Gasteiger partial charge in [-0.05, 0) is 24.5 Å². The number of dihydropyridines is 1. The molecular formula is C17H19N5O. The molecule has 0 radical (unpaired) electrons. The molecule has 3 heterocycles. The van der Waals surface area contributed by atoms with Crippen LogP contribution in [0.5, 0.6) is 0 Å². The zero-order valence-corrected chi connectivity index (χ0v) is 13.1. The van der Waals surface area contributed by atoms with Gasteiger partial charge in [-0.25, -0.2) is 9.97 Å². The van der Waals surface area contributed by atoms with Crippen molar-refractivity contribution in [1.29, 1.82) is 5.26 Å². The normalized spacial score (nSPS) is 24.1. The van der Waals surface area contributed by atoms with Gasteiger partial charge in [0.15, 0.2) is 0 Å². The standard InChI is InChI=1S/C17H19N5O/c1-12-10-22(8-5-13(12)9-18)17(23)14-3-2-6-20-16(14)15-4-7-19-11-21-15/h2-4,7,11-13,20H,5-6,8,10H2,1H3. The fourth-order valence-corrected chi connectivity index (χ4v) is 3.05. The molecule has 0 spiro atoms. The lowest BCUT2D eigenvalue weighted by Crippen LogP contribution is -2.43. The second-order valence-electron chi connectivity index (χ2n) is 5.92. The summed E-state index contributed by atoms with van der Waals surface area (Å²) in [6.07, 6.45) is 7.67. The van der Waals surface area contributed by atoms with Gasteiger partial charge in [-0.1, -0.05) is 13.0 Å². The fourth-order valence-electron chi connectivity index (χ4n) is 3.05. The first-order chi connectivity index (χ1) is 11.2. The van der Waals surface area contributed by atoms with Crippen molar-refractivity contribution in [2.75, 3.05) is 19.6 Å². The van der Waals surface area contributed by atoms with Gasteiger partial charge in [0.05, 0.1) is 29.0 Å². The van der Waals surface area contributed by atoms with E-state index in [1.54, 1.807) is 12.3 Å². The molecule has 1 aromatic heterocycles. The number of piperidine rings is 1. The third-order valence-electron chi connectivity index (χ3n) is 4.38. The molecular weight excluding hydrogens is 290 g/mol. The van der Waals surface area contributed by atoms with Crippen LogP contribution in [0.3, 0.4) is 0 Å². The minimum atomic E-state index is -0.00898. The number of nitrogens with one attached hydrogen (secondary N) is 1. The Balaban J connectivity index is 1.87. The van der Waals surface area contributed by atoms with Crippen LogP contribution in [0.25, 0.3) is 5.70 Å². The van der Waals surface area contributed by atoms with Crippen molar-refractivity contribution in [2.45, 2.75) is 13.3 Å². The lowest BCUT2D eigenvalue weighted by atomic mass is 9.87. The molecule has 0 aliphatic carbocycles. The molecule has 2 atom stereocenters. The van der Waals surface area contributed by atoms with Crippen molar-refractivity contribution in [3.63, 3.8) is 0 Å². The van der Waals surface area contributed by atoms with E-state index in [0.29, 0.717) is 30.9 Å². The molecule has 1 aromatic rings. The highest BCUT2D eigenvalue weighted by Crippen LogP contribution is 2.26. The van der Waals surface area contributed by atoms with Gasteiger partial charge in [-0.15, -0.1) is 0 Å². The summed E-state index contributed by atoms with van der Waals surface area (Å²) >= 11 is 0. The van der Waals surface area contributed by atoms with Crippen LogP contribution in [0.4, 0.5) is 0 Å². The second kappa shape index (κ2) is 6.61. The molecule has 1 amide bonds. The maximum Gasteiger partial charge on any atom is 0.256 e. The molecule has 2 unspecified atom stereocenters. The average Bonchev–Trinajstić information content (AvgIpc) is 2.62. The molecule has 0 bridgehead atoms. The van der Waals surface area contributed by atoms with Gasteiger partial charge in [0, 0.05) is 25.8 Å². The van der Waals surface area contributed by atoms with Crippen LogP contribution in [0.2, 0.25) is 0 Å². The van der Waals surface area contributed by atoms with E-state index in [4.69, 9.17) is 5.26 Å². The molecule has 2 aliphatic heterocycles. The Labute approximate surface area is 135 Å². The first-order valence-electron chi connectivity index (χ1n) is 7.80. The number of aromatic nitrogens is 2. The molecule has 6 nitrogen and oxygen atoms in total. The zero-order chi connectivity index (χ0) is 16.2. The van der Waals surface area contributed by atoms with Crippen molar-refractivity contribution in [2.24, 2.45) is 11.8 Å². The van der Waals surface area contributed by atoms with E-state index in [2.05, 4.69) is 21.4 Å². The van der Waals surface area contributed by atoms with Crippen molar-refractivity contribution < 1.29 is 4.79 Å². The van der Waals surface area contributed by atoms with E-state index in [1.165, 1.54) is 6.33 Å². The highest BCUT2D eigenvalue weighted by molar-refractivity contribution is 6.03. The maximum absolute atomic E-state index is 12.9. The summed E-state index contributed by atoms with van der Waals surface area (Å²) in [5.41, 5.74) is 2.08. The van der Waals surface area contributed by atoms with E-state index in [-0.39, 0.29) is 17.7 Å². The minimum absolute atomic E-state index is 0.00898. The Kier molecular flexibility index (Phi) is 4.38. The van der Waals surface area contributed by atoms with Crippen LogP contribution >= 0.6 is 0 Å². The van der Waals surface area contributed by atoms with Gasteiger partial charge in [-0.3, -0.25) is 4.79 Å². The quantitative estimate of drug-likeness (QED) is 0.892. The number of carbonyl (C=O) groups excluding carboxylic acids is 1. The highest BCUT2D eigenvalue weighted by atomic mass is 16.2. The third-order valence-corrected chi connectivity index (χ3v) is 4.38. The van der Waals surface area contributed by atoms with Crippen LogP contribution in [0, 0.1) is 23.2 Å². The zero-order valence-electron chi connectivity index (χ0n) is 13.1. The van der Waals surface area contributed by atoms with E-state index in [1.807, 2.05) is 24.0 Å². The number of amides is 1. The Hall–Kier alpha value is -2.68. The molecule has 1 N–H and O–H groups in total. The highest BCUT2D eigenvalue weighted by Gasteiger charge is 2.31. The first-order valence-corrected chi connectivity index (χ1v) is 7.80. The molecule has 0 saturated carbocycles. The number of nitrogens with zero attached hydrogens (tertiary/aromatic N) is 4. The molecule has 3 rings (SSSR count). The number of likely N-dealkylation sites (tertiary alicyclic amines) is 1. The largest absolute Gasteiger partial charge is 0.379 e. The first kappa shape index (κ1) is 15.2. The molecule has 6 heteroatoms. The van der Waals surface area contributed by atoms with Crippen molar-refractivity contribution in [1.82, 2.24) is 20.2 Å². The maximum atomic E-state index is 12.9. The molecule has 2 aliphatic rings. The molecule has 1 saturated heterocycles. The Morgan fingerprint density at radius 2 is 2.39 bits per heavy atom. The smallest absolute Gasteiger partial charge is 0.256 e. The monoisotopic (exact) mass is 309 g/mol. The fraction of sp³-hybridized carbons (Fsp3) is 0.412. The minimum Gasteiger partial charge on any atom is -0.379 e. The predicted molar refractivity (Wildman–Crippen MR) is 85.6 cm³/mol. The lowest BCUT2D eigenvalue weighted by Gasteiger charge is -2.34. The Bertz CT molecular complexity index is 689. The number of nitriles is 1. The van der Waals surface area contributed by atoms with Gasteiger partial charge >= 0.3 is 0 Å². The van der Waals surface area contributed by atoms with Gasteiger partial charge in [0.25, 0.3) is 5.91 Å². The third kappa shape index (κ3) is 3.09. The second-order valence-corrected chi connectivity index (χ2v) is 5.92. The van der Waals surface area contributed by atoms with Crippen LogP contribution in [-0.4, -0.2) is 40.4 Å². The Morgan fingerprint density at radius 3 is 3.09 bits per heavy atom. The van der Waals surface area contributed by atoms with E-state index in [0.717, 1.165) is 12.1 Å². The van der Waals surface area contributed by atoms with Crippen LogP contribution in [0.15, 0.2) is 36.3 Å². The summed E-state index contributed by atoms with van der Waals surface area (Å²) < 4.78 is 0. The number of hydrogen-bond acceptors (Lipinski definition) is 5. The predicted octanol–water partition coefficient (Wildman–Crippen LogP) is 1.36. The van der Waals surface area contributed by atoms with Crippen LogP contribution < -0.4 is 5.32 Å². The van der Waals surface area contributed by atoms with Gasteiger partial charge in [0.2, 0.25) is 0 Å². The summed E-state index contributed by atoms with van der Waals surface area (Å²) in [4.78, 5) is 22.9. The SMILES string of the molecule is CC1CN(C(=O)C2=C(c3ccncn3)NCC=C2)CCC1C#N. The molecule has 1 fully saturated rings. The van der Waals surface area contributed by atoms with Crippen molar-refractivity contribution >= 4 is 11.6 Å². The summed E-state index contributed by atoms with van der Waals surface area (Å²) in [5, 5.41) is 12.4. The number of rotatable bonds is 2. The van der Waals surface area contributed by atoms with E-state index >= 15 is 0 Å². The van der Waals surface area contributed by atoms with Crippen LogP contribution in [0.1, 0.15) is 19.0 Å². The van der Waals surface area contributed by atoms with Crippen molar-refractivity contribution in [3.05, 3.63) is 42.0 Å². The van der Waals surface area contributed by atoms with E-state index < -0.39 is 0 Å². The van der Waals surface area contributed by atoms with Gasteiger partial charge < -0.3 is 10.2 Å². The van der Waals surface area contributed by atoms with Gasteiger partial charge in [-0.2, -0.15) is 5.26 Å². The summed E-state index contributed by atoms with van der Waals surface area (Å²) in [7, 11) is 0. The Morgan fingerprint density at radius 1 is 1.52 bits per heavy atom. The average molecular weight is 309 g/mol. The summed E-state index contributed by atoms with van der Waals surface area (Å²) in [5.74, 6) is 0.223. The lowest BCUT2D eigenvalue weighted by molar-refractivity contribution is -0.128. The summed E-state index contributed by atoms with van der Waals surface area (Å²) in [6, 6.07) is 4.13. The number of carbonyl (C=O) groups is 1. The van der Waals surface area contributed by atoms with Crippen LogP contribution in [-0.2, 0) is 4.79 Å². The number of hydrogen-bond donors (Lipinski definition) is 1. The molecule has 0 aromatic carbocycles. The topological polar surface area (TPSA) is 81.9 Å². The molecule has 23 heavy (non-hydrogen) atoms.